The molecule has 0 aromatic heterocycles. The number of nitrogens with one attached hydrogen (secondary N) is 2. The highest BCUT2D eigenvalue weighted by Gasteiger charge is 2.31. The van der Waals surface area contributed by atoms with Gasteiger partial charge < -0.3 is 16.4 Å². The van der Waals surface area contributed by atoms with E-state index in [0.29, 0.717) is 25.6 Å². The molecule has 0 radical (unpaired) electrons. The zero-order valence-corrected chi connectivity index (χ0v) is 9.81. The number of amides is 1. The standard InChI is InChI=1S/C11H23N3O/c1-11(2)5-3-7-13-9(11)8-14-10(15)4-6-12/h9,13H,3-8,12H2,1-2H3,(H,14,15). The minimum Gasteiger partial charge on any atom is -0.354 e. The van der Waals surface area contributed by atoms with Crippen molar-refractivity contribution in [3.8, 4) is 0 Å². The van der Waals surface area contributed by atoms with Crippen molar-refractivity contribution in [3.63, 3.8) is 0 Å². The molecule has 15 heavy (non-hydrogen) atoms. The van der Waals surface area contributed by atoms with Crippen LogP contribution in [0.25, 0.3) is 0 Å². The maximum Gasteiger partial charge on any atom is 0.221 e. The fraction of sp³-hybridized carbons (Fsp3) is 0.909. The third kappa shape index (κ3) is 3.80. The quantitative estimate of drug-likeness (QED) is 0.626. The summed E-state index contributed by atoms with van der Waals surface area (Å²) in [6.07, 6.45) is 2.87. The summed E-state index contributed by atoms with van der Waals surface area (Å²) < 4.78 is 0. The molecule has 4 N–H and O–H groups in total. The largest absolute Gasteiger partial charge is 0.354 e. The average molecular weight is 213 g/mol. The van der Waals surface area contributed by atoms with Crippen LogP contribution >= 0.6 is 0 Å². The first-order valence-corrected chi connectivity index (χ1v) is 5.76. The van der Waals surface area contributed by atoms with Crippen LogP contribution < -0.4 is 16.4 Å². The zero-order chi connectivity index (χ0) is 11.3. The molecular formula is C11H23N3O. The van der Waals surface area contributed by atoms with Gasteiger partial charge in [-0.15, -0.1) is 0 Å². The van der Waals surface area contributed by atoms with E-state index in [4.69, 9.17) is 5.73 Å². The third-order valence-electron chi connectivity index (χ3n) is 3.21. The maximum atomic E-state index is 11.3. The minimum absolute atomic E-state index is 0.0562. The van der Waals surface area contributed by atoms with E-state index in [1.165, 1.54) is 12.8 Å². The number of rotatable bonds is 4. The van der Waals surface area contributed by atoms with E-state index < -0.39 is 0 Å². The van der Waals surface area contributed by atoms with E-state index >= 15 is 0 Å². The molecule has 4 nitrogen and oxygen atoms in total. The lowest BCUT2D eigenvalue weighted by atomic mass is 9.77. The summed E-state index contributed by atoms with van der Waals surface area (Å²) in [7, 11) is 0. The van der Waals surface area contributed by atoms with E-state index in [-0.39, 0.29) is 11.3 Å². The van der Waals surface area contributed by atoms with Crippen LogP contribution in [-0.2, 0) is 4.79 Å². The second kappa shape index (κ2) is 5.47. The van der Waals surface area contributed by atoms with Crippen LogP contribution in [0.2, 0.25) is 0 Å². The van der Waals surface area contributed by atoms with Gasteiger partial charge in [0, 0.05) is 25.6 Å². The summed E-state index contributed by atoms with van der Waals surface area (Å²) in [5.41, 5.74) is 5.59. The summed E-state index contributed by atoms with van der Waals surface area (Å²) in [6, 6.07) is 0.382. The van der Waals surface area contributed by atoms with Gasteiger partial charge in [0.2, 0.25) is 5.91 Å². The predicted molar refractivity (Wildman–Crippen MR) is 61.5 cm³/mol. The molecule has 0 aliphatic carbocycles. The average Bonchev–Trinajstić information content (AvgIpc) is 2.16. The van der Waals surface area contributed by atoms with Gasteiger partial charge in [-0.25, -0.2) is 0 Å². The molecule has 0 bridgehead atoms. The van der Waals surface area contributed by atoms with Crippen molar-refractivity contribution in [2.24, 2.45) is 11.1 Å². The van der Waals surface area contributed by atoms with E-state index in [1.54, 1.807) is 0 Å². The van der Waals surface area contributed by atoms with Crippen LogP contribution in [-0.4, -0.2) is 31.6 Å². The lowest BCUT2D eigenvalue weighted by molar-refractivity contribution is -0.121. The summed E-state index contributed by atoms with van der Waals surface area (Å²) in [5.74, 6) is 0.0562. The van der Waals surface area contributed by atoms with Gasteiger partial charge in [0.25, 0.3) is 0 Å². The molecule has 1 saturated heterocycles. The van der Waals surface area contributed by atoms with Crippen molar-refractivity contribution < 1.29 is 4.79 Å². The number of hydrogen-bond donors (Lipinski definition) is 3. The molecule has 0 aromatic rings. The summed E-state index contributed by atoms with van der Waals surface area (Å²) in [6.45, 7) is 6.69. The minimum atomic E-state index is 0.0562. The Bertz CT molecular complexity index is 216. The molecule has 0 aromatic carbocycles. The van der Waals surface area contributed by atoms with Crippen LogP contribution in [0.4, 0.5) is 0 Å². The van der Waals surface area contributed by atoms with Crippen LogP contribution in [0.15, 0.2) is 0 Å². The predicted octanol–water partition coefficient (Wildman–Crippen LogP) is 0.230. The molecule has 1 unspecified atom stereocenters. The van der Waals surface area contributed by atoms with Crippen molar-refractivity contribution in [2.45, 2.75) is 39.2 Å². The smallest absolute Gasteiger partial charge is 0.221 e. The van der Waals surface area contributed by atoms with Crippen LogP contribution in [0, 0.1) is 5.41 Å². The lowest BCUT2D eigenvalue weighted by Gasteiger charge is -2.39. The van der Waals surface area contributed by atoms with Gasteiger partial charge in [0.1, 0.15) is 0 Å². The summed E-state index contributed by atoms with van der Waals surface area (Å²) in [4.78, 5) is 11.3. The van der Waals surface area contributed by atoms with Gasteiger partial charge in [0.05, 0.1) is 0 Å². The number of piperidine rings is 1. The Morgan fingerprint density at radius 2 is 2.33 bits per heavy atom. The molecule has 1 atom stereocenters. The number of hydrogen-bond acceptors (Lipinski definition) is 3. The van der Waals surface area contributed by atoms with Crippen molar-refractivity contribution >= 4 is 5.91 Å². The number of nitrogens with two attached hydrogens (primary N) is 1. The SMILES string of the molecule is CC1(C)CCCNC1CNC(=O)CCN. The van der Waals surface area contributed by atoms with E-state index in [2.05, 4.69) is 24.5 Å². The highest BCUT2D eigenvalue weighted by molar-refractivity contribution is 5.76. The van der Waals surface area contributed by atoms with Gasteiger partial charge in [-0.3, -0.25) is 4.79 Å². The molecule has 1 aliphatic heterocycles. The van der Waals surface area contributed by atoms with Gasteiger partial charge >= 0.3 is 0 Å². The molecule has 1 rings (SSSR count). The van der Waals surface area contributed by atoms with Crippen molar-refractivity contribution in [1.29, 1.82) is 0 Å². The summed E-state index contributed by atoms with van der Waals surface area (Å²) in [5, 5.41) is 6.39. The first-order valence-electron chi connectivity index (χ1n) is 5.76. The number of carbonyl (C=O) groups is 1. The van der Waals surface area contributed by atoms with Crippen LogP contribution in [0.1, 0.15) is 33.1 Å². The molecule has 1 fully saturated rings. The van der Waals surface area contributed by atoms with Crippen molar-refractivity contribution in [2.75, 3.05) is 19.6 Å². The Balaban J connectivity index is 2.33. The zero-order valence-electron chi connectivity index (χ0n) is 9.81. The van der Waals surface area contributed by atoms with Gasteiger partial charge in [-0.1, -0.05) is 13.8 Å². The lowest BCUT2D eigenvalue weighted by Crippen LogP contribution is -2.52. The van der Waals surface area contributed by atoms with Crippen LogP contribution in [0.5, 0.6) is 0 Å². The number of carbonyl (C=O) groups excluding carboxylic acids is 1. The van der Waals surface area contributed by atoms with Crippen molar-refractivity contribution in [1.82, 2.24) is 10.6 Å². The molecule has 0 saturated carbocycles. The maximum absolute atomic E-state index is 11.3. The molecule has 4 heteroatoms. The second-order valence-electron chi connectivity index (χ2n) is 4.94. The highest BCUT2D eigenvalue weighted by Crippen LogP contribution is 2.29. The molecular weight excluding hydrogens is 190 g/mol. The Hall–Kier alpha value is -0.610. The Kier molecular flexibility index (Phi) is 4.54. The Labute approximate surface area is 92.0 Å². The van der Waals surface area contributed by atoms with E-state index in [9.17, 15) is 4.79 Å². The van der Waals surface area contributed by atoms with Gasteiger partial charge in [0.15, 0.2) is 0 Å². The second-order valence-corrected chi connectivity index (χ2v) is 4.94. The first kappa shape index (κ1) is 12.5. The fourth-order valence-electron chi connectivity index (χ4n) is 2.05. The van der Waals surface area contributed by atoms with Gasteiger partial charge in [-0.2, -0.15) is 0 Å². The first-order chi connectivity index (χ1) is 7.06. The Morgan fingerprint density at radius 3 is 2.93 bits per heavy atom. The van der Waals surface area contributed by atoms with E-state index in [0.717, 1.165) is 6.54 Å². The molecule has 1 heterocycles. The fourth-order valence-corrected chi connectivity index (χ4v) is 2.05. The Morgan fingerprint density at radius 1 is 1.60 bits per heavy atom. The molecule has 1 amide bonds. The highest BCUT2D eigenvalue weighted by atomic mass is 16.1. The van der Waals surface area contributed by atoms with Crippen molar-refractivity contribution in [3.05, 3.63) is 0 Å². The summed E-state index contributed by atoms with van der Waals surface area (Å²) >= 11 is 0. The normalized spacial score (nSPS) is 24.9. The topological polar surface area (TPSA) is 67.1 Å². The molecule has 0 spiro atoms. The van der Waals surface area contributed by atoms with Crippen LogP contribution in [0.3, 0.4) is 0 Å². The molecule has 88 valence electrons. The third-order valence-corrected chi connectivity index (χ3v) is 3.21. The monoisotopic (exact) mass is 213 g/mol. The van der Waals surface area contributed by atoms with E-state index in [1.807, 2.05) is 0 Å². The molecule has 1 aliphatic rings. The van der Waals surface area contributed by atoms with Gasteiger partial charge in [-0.05, 0) is 24.8 Å².